The predicted octanol–water partition coefficient (Wildman–Crippen LogP) is 1.60. The fraction of sp³-hybridized carbons (Fsp3) is 0.769. The Morgan fingerprint density at radius 2 is 2.25 bits per heavy atom. The average molecular weight is 282 g/mol. The van der Waals surface area contributed by atoms with Crippen molar-refractivity contribution in [2.45, 2.75) is 51.3 Å². The fourth-order valence-corrected chi connectivity index (χ4v) is 2.17. The molecule has 1 fully saturated rings. The molecule has 0 bridgehead atoms. The highest BCUT2D eigenvalue weighted by Gasteiger charge is 2.36. The number of ether oxygens (including phenoxy) is 1. The molecule has 0 aromatic rings. The quantitative estimate of drug-likeness (QED) is 0.823. The van der Waals surface area contributed by atoms with Crippen molar-refractivity contribution in [1.82, 2.24) is 10.3 Å². The second-order valence-electron chi connectivity index (χ2n) is 6.22. The summed E-state index contributed by atoms with van der Waals surface area (Å²) in [4.78, 5) is 11.6. The average Bonchev–Trinajstić information content (AvgIpc) is 2.31. The van der Waals surface area contributed by atoms with Crippen molar-refractivity contribution < 1.29 is 14.6 Å². The Kier molecular flexibility index (Phi) is 4.27. The third-order valence-electron chi connectivity index (χ3n) is 3.23. The first-order valence-electron chi connectivity index (χ1n) is 6.83. The van der Waals surface area contributed by atoms with Crippen molar-refractivity contribution in [2.75, 3.05) is 13.2 Å². The van der Waals surface area contributed by atoms with Crippen molar-refractivity contribution >= 4 is 6.09 Å². The Bertz CT molecular complexity index is 422. The smallest absolute Gasteiger partial charge is 0.407 e. The van der Waals surface area contributed by atoms with E-state index in [1.807, 2.05) is 25.8 Å². The number of carbonyl (C=O) groups is 1. The van der Waals surface area contributed by atoms with E-state index in [0.717, 1.165) is 18.4 Å². The third kappa shape index (κ3) is 3.93. The summed E-state index contributed by atoms with van der Waals surface area (Å²) in [5, 5.41) is 21.7. The van der Waals surface area contributed by atoms with E-state index in [0.29, 0.717) is 6.54 Å². The number of amides is 1. The van der Waals surface area contributed by atoms with E-state index in [9.17, 15) is 4.79 Å². The summed E-state index contributed by atoms with van der Waals surface area (Å²) >= 11 is 0. The number of nitrogens with zero attached hydrogens (tertiary/aromatic N) is 3. The summed E-state index contributed by atoms with van der Waals surface area (Å²) in [5.41, 5.74) is 0.373. The second kappa shape index (κ2) is 5.78. The molecule has 0 aromatic carbocycles. The van der Waals surface area contributed by atoms with Crippen LogP contribution in [-0.2, 0) is 4.74 Å². The Balaban J connectivity index is 1.72. The van der Waals surface area contributed by atoms with Gasteiger partial charge in [0.15, 0.2) is 0 Å². The van der Waals surface area contributed by atoms with Crippen LogP contribution in [0.4, 0.5) is 4.79 Å². The molecule has 1 heterocycles. The van der Waals surface area contributed by atoms with Crippen molar-refractivity contribution in [3.05, 3.63) is 11.8 Å². The number of hydrogen-bond donors (Lipinski definition) is 2. The summed E-state index contributed by atoms with van der Waals surface area (Å²) in [6.45, 7) is 6.12. The van der Waals surface area contributed by atoms with Crippen molar-refractivity contribution in [3.8, 4) is 0 Å². The minimum Gasteiger partial charge on any atom is -0.444 e. The van der Waals surface area contributed by atoms with Crippen LogP contribution in [0.5, 0.6) is 0 Å². The van der Waals surface area contributed by atoms with E-state index in [2.05, 4.69) is 15.7 Å². The maximum absolute atomic E-state index is 11.6. The lowest BCUT2D eigenvalue weighted by Crippen LogP contribution is -2.53. The van der Waals surface area contributed by atoms with Gasteiger partial charge in [-0.1, -0.05) is 5.22 Å². The van der Waals surface area contributed by atoms with Gasteiger partial charge in [0.25, 0.3) is 0 Å². The maximum atomic E-state index is 11.6. The molecule has 112 valence electrons. The summed E-state index contributed by atoms with van der Waals surface area (Å²) in [5.74, 6) is 0. The third-order valence-corrected chi connectivity index (χ3v) is 3.23. The first-order valence-corrected chi connectivity index (χ1v) is 6.83. The Morgan fingerprint density at radius 1 is 1.55 bits per heavy atom. The van der Waals surface area contributed by atoms with Crippen LogP contribution < -0.4 is 5.32 Å². The van der Waals surface area contributed by atoms with Gasteiger partial charge in [0.1, 0.15) is 5.60 Å². The van der Waals surface area contributed by atoms with Gasteiger partial charge >= 0.3 is 6.09 Å². The number of aliphatic hydroxyl groups is 1. The Hall–Kier alpha value is -1.63. The zero-order chi connectivity index (χ0) is 14.8. The van der Waals surface area contributed by atoms with Gasteiger partial charge < -0.3 is 15.2 Å². The molecular weight excluding hydrogens is 260 g/mol. The van der Waals surface area contributed by atoms with Gasteiger partial charge in [0.05, 0.1) is 25.4 Å². The minimum absolute atomic E-state index is 0.00181. The van der Waals surface area contributed by atoms with Gasteiger partial charge in [-0.05, 0) is 39.2 Å². The highest BCUT2D eigenvalue weighted by atomic mass is 16.6. The van der Waals surface area contributed by atoms with Gasteiger partial charge in [-0.25, -0.2) is 4.79 Å². The van der Waals surface area contributed by atoms with E-state index in [4.69, 9.17) is 9.84 Å². The highest BCUT2D eigenvalue weighted by Crippen LogP contribution is 2.28. The molecule has 0 unspecified atom stereocenters. The normalized spacial score (nSPS) is 25.8. The zero-order valence-corrected chi connectivity index (χ0v) is 12.2. The SMILES string of the molecule is CC(C)(C)OC(=O)N[C@H]1C[C@@H](N2CC(CO)=CN=N2)C1. The summed E-state index contributed by atoms with van der Waals surface area (Å²) in [7, 11) is 0. The van der Waals surface area contributed by atoms with Crippen molar-refractivity contribution in [1.29, 1.82) is 0 Å². The number of nitrogens with one attached hydrogen (secondary N) is 1. The van der Waals surface area contributed by atoms with Crippen LogP contribution >= 0.6 is 0 Å². The molecule has 1 aliphatic carbocycles. The standard InChI is InChI=1S/C13H22N4O3/c1-13(2,3)20-12(19)15-10-4-11(5-10)17-7-9(8-18)6-14-16-17/h6,10-11,18H,4-5,7-8H2,1-3H3,(H,15,19)/t10-,11+. The molecule has 2 N–H and O–H groups in total. The number of aliphatic hydroxyl groups excluding tert-OH is 1. The van der Waals surface area contributed by atoms with E-state index >= 15 is 0 Å². The molecule has 7 nitrogen and oxygen atoms in total. The van der Waals surface area contributed by atoms with Crippen molar-refractivity contribution in [2.24, 2.45) is 10.3 Å². The number of carbonyl (C=O) groups excluding carboxylic acids is 1. The van der Waals surface area contributed by atoms with Crippen LogP contribution in [0.3, 0.4) is 0 Å². The monoisotopic (exact) mass is 282 g/mol. The van der Waals surface area contributed by atoms with E-state index in [1.165, 1.54) is 0 Å². The van der Waals surface area contributed by atoms with Gasteiger partial charge in [0, 0.05) is 6.04 Å². The summed E-state index contributed by atoms with van der Waals surface area (Å²) in [6.07, 6.45) is 2.84. The Morgan fingerprint density at radius 3 is 2.85 bits per heavy atom. The molecule has 1 saturated carbocycles. The van der Waals surface area contributed by atoms with Crippen LogP contribution in [0.2, 0.25) is 0 Å². The van der Waals surface area contributed by atoms with E-state index in [1.54, 1.807) is 6.20 Å². The first kappa shape index (κ1) is 14.8. The lowest BCUT2D eigenvalue weighted by molar-refractivity contribution is 0.0387. The molecule has 2 aliphatic rings. The molecule has 0 atom stereocenters. The molecule has 0 aromatic heterocycles. The second-order valence-corrected chi connectivity index (χ2v) is 6.22. The number of alkyl carbamates (subject to hydrolysis) is 1. The molecule has 0 radical (unpaired) electrons. The lowest BCUT2D eigenvalue weighted by atomic mass is 9.86. The van der Waals surface area contributed by atoms with Gasteiger partial charge in [-0.3, -0.25) is 5.01 Å². The molecule has 0 saturated heterocycles. The number of rotatable bonds is 3. The van der Waals surface area contributed by atoms with E-state index in [-0.39, 0.29) is 24.8 Å². The van der Waals surface area contributed by atoms with Crippen LogP contribution in [-0.4, -0.2) is 47.0 Å². The minimum atomic E-state index is -0.477. The van der Waals surface area contributed by atoms with Crippen LogP contribution in [0.15, 0.2) is 22.1 Å². The van der Waals surface area contributed by atoms with Crippen molar-refractivity contribution in [3.63, 3.8) is 0 Å². The molecule has 20 heavy (non-hydrogen) atoms. The van der Waals surface area contributed by atoms with Gasteiger partial charge in [-0.15, -0.1) is 5.11 Å². The molecule has 2 rings (SSSR count). The number of hydrogen-bond acceptors (Lipinski definition) is 6. The van der Waals surface area contributed by atoms with Gasteiger partial charge in [-0.2, -0.15) is 0 Å². The molecule has 1 amide bonds. The highest BCUT2D eigenvalue weighted by molar-refractivity contribution is 5.68. The zero-order valence-electron chi connectivity index (χ0n) is 12.2. The van der Waals surface area contributed by atoms with Crippen LogP contribution in [0, 0.1) is 0 Å². The predicted molar refractivity (Wildman–Crippen MR) is 72.9 cm³/mol. The topological polar surface area (TPSA) is 86.5 Å². The van der Waals surface area contributed by atoms with Crippen LogP contribution in [0.1, 0.15) is 33.6 Å². The maximum Gasteiger partial charge on any atom is 0.407 e. The van der Waals surface area contributed by atoms with E-state index < -0.39 is 5.60 Å². The lowest BCUT2D eigenvalue weighted by Gasteiger charge is -2.41. The fourth-order valence-electron chi connectivity index (χ4n) is 2.17. The molecular formula is C13H22N4O3. The largest absolute Gasteiger partial charge is 0.444 e. The Labute approximate surface area is 118 Å². The molecule has 1 aliphatic heterocycles. The summed E-state index contributed by atoms with van der Waals surface area (Å²) in [6, 6.07) is 0.377. The molecule has 0 spiro atoms. The van der Waals surface area contributed by atoms with Crippen LogP contribution in [0.25, 0.3) is 0 Å². The molecule has 7 heteroatoms. The summed E-state index contributed by atoms with van der Waals surface area (Å²) < 4.78 is 5.21. The van der Waals surface area contributed by atoms with Gasteiger partial charge in [0.2, 0.25) is 0 Å². The first-order chi connectivity index (χ1) is 9.37.